The predicted octanol–water partition coefficient (Wildman–Crippen LogP) is 3.82. The Morgan fingerprint density at radius 3 is 2.61 bits per heavy atom. The van der Waals surface area contributed by atoms with Crippen LogP contribution in [0, 0.1) is 13.5 Å². The van der Waals surface area contributed by atoms with Gasteiger partial charge in [-0.3, -0.25) is 14.5 Å². The van der Waals surface area contributed by atoms with E-state index in [0.29, 0.717) is 17.1 Å². The Kier molecular flexibility index (Phi) is 4.26. The van der Waals surface area contributed by atoms with Crippen LogP contribution in [-0.2, 0) is 4.79 Å². The molecule has 1 aliphatic rings. The third-order valence-corrected chi connectivity index (χ3v) is 5.05. The third-order valence-electron chi connectivity index (χ3n) is 4.69. The van der Waals surface area contributed by atoms with E-state index < -0.39 is 11.4 Å². The maximum absolute atomic E-state index is 13.2. The van der Waals surface area contributed by atoms with Crippen LogP contribution >= 0.6 is 12.2 Å². The van der Waals surface area contributed by atoms with Gasteiger partial charge < -0.3 is 10.2 Å². The van der Waals surface area contributed by atoms with Crippen LogP contribution in [0.5, 0.6) is 0 Å². The van der Waals surface area contributed by atoms with E-state index in [0.717, 1.165) is 5.56 Å². The quantitative estimate of drug-likeness (QED) is 0.635. The van der Waals surface area contributed by atoms with Crippen LogP contribution < -0.4 is 15.1 Å². The Morgan fingerprint density at radius 1 is 1.29 bits per heavy atom. The molecule has 1 N–H and O–H groups in total. The Hall–Kier alpha value is -3.24. The van der Waals surface area contributed by atoms with Gasteiger partial charge in [0.25, 0.3) is 11.8 Å². The topological polar surface area (TPSA) is 57.0 Å². The zero-order valence-corrected chi connectivity index (χ0v) is 16.6. The molecule has 2 aromatic carbocycles. The highest BCUT2D eigenvalue weighted by molar-refractivity contribution is 7.81. The molecular weight excluding hydrogens is 372 g/mol. The molecule has 7 heteroatoms. The van der Waals surface area contributed by atoms with E-state index in [-0.39, 0.29) is 29.6 Å². The van der Waals surface area contributed by atoms with E-state index in [1.807, 2.05) is 0 Å². The number of benzene rings is 2. The minimum Gasteiger partial charge on any atom is -0.355 e. The first-order valence-corrected chi connectivity index (χ1v) is 8.89. The Morgan fingerprint density at radius 2 is 2.00 bits per heavy atom. The smallest absolute Gasteiger partial charge is 0.259 e. The lowest BCUT2D eigenvalue weighted by Gasteiger charge is -2.29. The Bertz CT molecular complexity index is 1110. The SMILES string of the molecule is [2H]CNC(=O)c1ccc(N2C(=S)N(c3ccc([N+]#[C-])c(C)c3)C(=O)C2(C)C)cc1[2H]. The molecule has 0 bridgehead atoms. The first-order chi connectivity index (χ1) is 14.1. The molecule has 0 radical (unpaired) electrons. The molecule has 3 rings (SSSR count). The Balaban J connectivity index is 2.03. The number of amides is 2. The largest absolute Gasteiger partial charge is 0.355 e. The summed E-state index contributed by atoms with van der Waals surface area (Å²) < 4.78 is 15.3. The lowest BCUT2D eigenvalue weighted by Crippen LogP contribution is -2.44. The molecule has 1 saturated heterocycles. The van der Waals surface area contributed by atoms with E-state index in [9.17, 15) is 9.59 Å². The summed E-state index contributed by atoms with van der Waals surface area (Å²) in [6.45, 7) is 12.5. The van der Waals surface area contributed by atoms with Gasteiger partial charge in [0.2, 0.25) is 0 Å². The van der Waals surface area contributed by atoms with Crippen LogP contribution in [0.2, 0.25) is 0 Å². The molecule has 0 aliphatic carbocycles. The van der Waals surface area contributed by atoms with Gasteiger partial charge in [-0.1, -0.05) is 6.07 Å². The number of anilines is 2. The van der Waals surface area contributed by atoms with Crippen molar-refractivity contribution in [2.75, 3.05) is 16.8 Å². The van der Waals surface area contributed by atoms with Gasteiger partial charge in [-0.05, 0) is 74.9 Å². The summed E-state index contributed by atoms with van der Waals surface area (Å²) in [4.78, 5) is 31.8. The second kappa shape index (κ2) is 7.06. The molecular formula is C21H20N4O2S. The van der Waals surface area contributed by atoms with Gasteiger partial charge >= 0.3 is 0 Å². The summed E-state index contributed by atoms with van der Waals surface area (Å²) in [6, 6.07) is 9.68. The van der Waals surface area contributed by atoms with Crippen molar-refractivity contribution in [1.82, 2.24) is 5.32 Å². The fourth-order valence-electron chi connectivity index (χ4n) is 3.15. The van der Waals surface area contributed by atoms with Gasteiger partial charge in [-0.25, -0.2) is 4.85 Å². The molecule has 0 spiro atoms. The predicted molar refractivity (Wildman–Crippen MR) is 114 cm³/mol. The molecule has 0 unspecified atom stereocenters. The van der Waals surface area contributed by atoms with E-state index >= 15 is 0 Å². The lowest BCUT2D eigenvalue weighted by atomic mass is 10.0. The molecule has 6 nitrogen and oxygen atoms in total. The van der Waals surface area contributed by atoms with E-state index in [1.165, 1.54) is 17.0 Å². The molecule has 1 fully saturated rings. The fourth-order valence-corrected chi connectivity index (χ4v) is 3.67. The summed E-state index contributed by atoms with van der Waals surface area (Å²) in [5, 5.41) is 2.60. The van der Waals surface area contributed by atoms with Crippen LogP contribution in [0.1, 0.15) is 32.5 Å². The Labute approximate surface area is 172 Å². The first kappa shape index (κ1) is 16.9. The highest BCUT2D eigenvalue weighted by Crippen LogP contribution is 2.37. The van der Waals surface area contributed by atoms with E-state index in [2.05, 4.69) is 10.2 Å². The summed E-state index contributed by atoms with van der Waals surface area (Å²) in [7, 11) is -0.279. The van der Waals surface area contributed by atoms with Crippen LogP contribution in [0.4, 0.5) is 17.1 Å². The average Bonchev–Trinajstić information content (AvgIpc) is 2.86. The van der Waals surface area contributed by atoms with Crippen LogP contribution in [-0.4, -0.2) is 29.5 Å². The zero-order chi connectivity index (χ0) is 22.2. The number of carbonyl (C=O) groups excluding carboxylic acids is 2. The average molecular weight is 394 g/mol. The molecule has 0 saturated carbocycles. The van der Waals surface area contributed by atoms with Crippen molar-refractivity contribution < 1.29 is 12.3 Å². The van der Waals surface area contributed by atoms with Crippen LogP contribution in [0.25, 0.3) is 4.85 Å². The number of aryl methyl sites for hydroxylation is 1. The van der Waals surface area contributed by atoms with Crippen molar-refractivity contribution in [2.24, 2.45) is 0 Å². The number of hydrogen-bond acceptors (Lipinski definition) is 3. The molecule has 2 aromatic rings. The maximum atomic E-state index is 13.2. The lowest BCUT2D eigenvalue weighted by molar-refractivity contribution is -0.120. The molecule has 1 heterocycles. The van der Waals surface area contributed by atoms with Gasteiger partial charge in [0.05, 0.1) is 7.94 Å². The van der Waals surface area contributed by atoms with Crippen molar-refractivity contribution in [3.63, 3.8) is 0 Å². The molecule has 142 valence electrons. The fraction of sp³-hybridized carbons (Fsp3) is 0.238. The number of thiocarbonyl (C=S) groups is 1. The second-order valence-electron chi connectivity index (χ2n) is 6.87. The number of hydrogen-bond donors (Lipinski definition) is 1. The summed E-state index contributed by atoms with van der Waals surface area (Å²) in [5.74, 6) is -0.733. The van der Waals surface area contributed by atoms with Crippen molar-refractivity contribution in [2.45, 2.75) is 26.3 Å². The van der Waals surface area contributed by atoms with Gasteiger partial charge in [0.1, 0.15) is 5.54 Å². The summed E-state index contributed by atoms with van der Waals surface area (Å²) in [5.41, 5.74) is 1.47. The molecule has 28 heavy (non-hydrogen) atoms. The summed E-state index contributed by atoms with van der Waals surface area (Å²) in [6.07, 6.45) is 0. The number of carbonyl (C=O) groups is 2. The highest BCUT2D eigenvalue weighted by Gasteiger charge is 2.50. The van der Waals surface area contributed by atoms with Gasteiger partial charge in [-0.2, -0.15) is 0 Å². The van der Waals surface area contributed by atoms with E-state index in [1.54, 1.807) is 49.9 Å². The number of nitrogens with one attached hydrogen (secondary N) is 1. The van der Waals surface area contributed by atoms with Gasteiger partial charge in [0.15, 0.2) is 10.8 Å². The van der Waals surface area contributed by atoms with Crippen molar-refractivity contribution >= 4 is 46.2 Å². The van der Waals surface area contributed by atoms with Crippen molar-refractivity contribution in [3.05, 3.63) is 65.0 Å². The summed E-state index contributed by atoms with van der Waals surface area (Å²) >= 11 is 5.63. The monoisotopic (exact) mass is 394 g/mol. The second-order valence-corrected chi connectivity index (χ2v) is 7.23. The minimum atomic E-state index is -1.01. The minimum absolute atomic E-state index is 0.0276. The van der Waals surface area contributed by atoms with Crippen molar-refractivity contribution in [1.29, 1.82) is 0 Å². The number of nitrogens with zero attached hydrogens (tertiary/aromatic N) is 3. The maximum Gasteiger partial charge on any atom is 0.259 e. The van der Waals surface area contributed by atoms with Crippen LogP contribution in [0.3, 0.4) is 0 Å². The standard InChI is InChI=1S/C21H20N4O2S/c1-13-12-16(10-11-17(13)22-4)24-19(27)21(2,3)25(20(24)28)15-8-6-14(7-9-15)18(26)23-5/h6-12H,1-3,5H3,(H,23,26)/i5D,6D. The molecule has 2 amide bonds. The van der Waals surface area contributed by atoms with Gasteiger partial charge in [0, 0.05) is 25.3 Å². The van der Waals surface area contributed by atoms with Crippen LogP contribution in [0.15, 0.2) is 42.4 Å². The van der Waals surface area contributed by atoms with Crippen molar-refractivity contribution in [3.8, 4) is 0 Å². The number of rotatable bonds is 3. The molecule has 1 aliphatic heterocycles. The molecule has 0 atom stereocenters. The molecule has 0 aromatic heterocycles. The first-order valence-electron chi connectivity index (χ1n) is 9.69. The normalized spacial score (nSPS) is 16.5. The zero-order valence-electron chi connectivity index (χ0n) is 17.7. The van der Waals surface area contributed by atoms with Gasteiger partial charge in [-0.15, -0.1) is 0 Å². The highest BCUT2D eigenvalue weighted by atomic mass is 32.1. The third kappa shape index (κ3) is 3.02. The van der Waals surface area contributed by atoms with E-state index in [4.69, 9.17) is 21.5 Å².